The van der Waals surface area contributed by atoms with Crippen LogP contribution in [-0.4, -0.2) is 46.9 Å². The molecule has 0 aliphatic carbocycles. The minimum absolute atomic E-state index is 0.289. The average molecular weight is 325 g/mol. The summed E-state index contributed by atoms with van der Waals surface area (Å²) in [7, 11) is 0. The lowest BCUT2D eigenvalue weighted by Crippen LogP contribution is -2.45. The molecule has 128 valence electrons. The number of rotatable bonds is 2. The molecule has 1 aromatic heterocycles. The third-order valence-corrected chi connectivity index (χ3v) is 5.58. The quantitative estimate of drug-likeness (QED) is 0.921. The number of aryl methyl sites for hydroxylation is 1. The number of carbonyl (C=O) groups is 1. The molecular formula is C20H27N3O. The second-order valence-corrected chi connectivity index (χ2v) is 7.68. The summed E-state index contributed by atoms with van der Waals surface area (Å²) in [6, 6.07) is 6.54. The number of hydrogen-bond donors (Lipinski definition) is 1. The maximum absolute atomic E-state index is 12.8. The lowest BCUT2D eigenvalue weighted by atomic mass is 10.00. The summed E-state index contributed by atoms with van der Waals surface area (Å²) in [6.45, 7) is 8.72. The summed E-state index contributed by atoms with van der Waals surface area (Å²) < 4.78 is 0. The number of aromatic amines is 1. The first-order valence-electron chi connectivity index (χ1n) is 9.20. The van der Waals surface area contributed by atoms with Crippen molar-refractivity contribution < 1.29 is 4.79 Å². The van der Waals surface area contributed by atoms with Crippen LogP contribution in [0.5, 0.6) is 0 Å². The Morgan fingerprint density at radius 2 is 2.21 bits per heavy atom. The third kappa shape index (κ3) is 2.95. The molecule has 24 heavy (non-hydrogen) atoms. The number of hydrogen-bond acceptors (Lipinski definition) is 2. The van der Waals surface area contributed by atoms with Crippen molar-refractivity contribution in [2.45, 2.75) is 39.7 Å². The van der Waals surface area contributed by atoms with Gasteiger partial charge in [0.25, 0.3) is 0 Å². The van der Waals surface area contributed by atoms with E-state index in [0.29, 0.717) is 6.54 Å². The van der Waals surface area contributed by atoms with Crippen molar-refractivity contribution in [3.05, 3.63) is 35.0 Å². The SMILES string of the molecule is Cc1ccc2[nH]c3c(c2c1)CN(C(=O)CN1CCC[C@H](C)C1)CC3. The molecule has 2 aromatic rings. The normalized spacial score (nSPS) is 21.9. The highest BCUT2D eigenvalue weighted by molar-refractivity contribution is 5.87. The van der Waals surface area contributed by atoms with Gasteiger partial charge in [-0.15, -0.1) is 0 Å². The van der Waals surface area contributed by atoms with E-state index in [1.165, 1.54) is 40.6 Å². The van der Waals surface area contributed by atoms with Gasteiger partial charge in [-0.05, 0) is 44.4 Å². The first-order valence-corrected chi connectivity index (χ1v) is 9.20. The molecule has 0 spiro atoms. The summed E-state index contributed by atoms with van der Waals surface area (Å²) in [5.41, 5.74) is 5.10. The van der Waals surface area contributed by atoms with Crippen LogP contribution in [0.3, 0.4) is 0 Å². The second-order valence-electron chi connectivity index (χ2n) is 7.68. The minimum Gasteiger partial charge on any atom is -0.358 e. The number of aromatic nitrogens is 1. The van der Waals surface area contributed by atoms with Crippen LogP contribution in [0.15, 0.2) is 18.2 Å². The highest BCUT2D eigenvalue weighted by Gasteiger charge is 2.26. The predicted molar refractivity (Wildman–Crippen MR) is 97.0 cm³/mol. The fraction of sp³-hybridized carbons (Fsp3) is 0.550. The summed E-state index contributed by atoms with van der Waals surface area (Å²) in [5.74, 6) is 1.01. The largest absolute Gasteiger partial charge is 0.358 e. The average Bonchev–Trinajstić information content (AvgIpc) is 2.92. The Labute approximate surface area is 143 Å². The van der Waals surface area contributed by atoms with Crippen LogP contribution in [0, 0.1) is 12.8 Å². The molecule has 0 saturated carbocycles. The number of H-pyrrole nitrogens is 1. The van der Waals surface area contributed by atoms with Crippen LogP contribution in [-0.2, 0) is 17.8 Å². The van der Waals surface area contributed by atoms with Crippen molar-refractivity contribution in [1.82, 2.24) is 14.8 Å². The Balaban J connectivity index is 1.50. The van der Waals surface area contributed by atoms with Gasteiger partial charge in [0, 0.05) is 48.2 Å². The molecule has 4 nitrogen and oxygen atoms in total. The van der Waals surface area contributed by atoms with Crippen LogP contribution in [0.25, 0.3) is 10.9 Å². The first-order chi connectivity index (χ1) is 11.6. The Bertz CT molecular complexity index is 764. The first kappa shape index (κ1) is 15.7. The Kier molecular flexibility index (Phi) is 4.09. The number of benzene rings is 1. The summed E-state index contributed by atoms with van der Waals surface area (Å²) >= 11 is 0. The van der Waals surface area contributed by atoms with Crippen molar-refractivity contribution in [2.24, 2.45) is 5.92 Å². The summed E-state index contributed by atoms with van der Waals surface area (Å²) in [4.78, 5) is 20.7. The highest BCUT2D eigenvalue weighted by Crippen LogP contribution is 2.28. The molecule has 1 fully saturated rings. The zero-order valence-corrected chi connectivity index (χ0v) is 14.8. The molecule has 1 N–H and O–H groups in total. The third-order valence-electron chi connectivity index (χ3n) is 5.58. The standard InChI is InChI=1S/C20H27N3O/c1-14-5-6-18-16(10-14)17-12-23(9-7-19(17)21-18)20(24)13-22-8-3-4-15(2)11-22/h5-6,10,15,21H,3-4,7-9,11-13H2,1-2H3/t15-/m0/s1. The molecule has 3 heterocycles. The zero-order chi connectivity index (χ0) is 16.7. The molecule has 1 atom stereocenters. The number of nitrogens with zero attached hydrogens (tertiary/aromatic N) is 2. The van der Waals surface area contributed by atoms with E-state index < -0.39 is 0 Å². The van der Waals surface area contributed by atoms with Gasteiger partial charge in [-0.1, -0.05) is 18.6 Å². The molecule has 0 unspecified atom stereocenters. The zero-order valence-electron chi connectivity index (χ0n) is 14.8. The number of piperidine rings is 1. The maximum Gasteiger partial charge on any atom is 0.237 e. The van der Waals surface area contributed by atoms with Gasteiger partial charge in [-0.25, -0.2) is 0 Å². The van der Waals surface area contributed by atoms with E-state index >= 15 is 0 Å². The number of fused-ring (bicyclic) bond motifs is 3. The van der Waals surface area contributed by atoms with Crippen LogP contribution in [0.1, 0.15) is 36.6 Å². The van der Waals surface area contributed by atoms with E-state index in [0.717, 1.165) is 38.5 Å². The molecule has 2 aliphatic heterocycles. The van der Waals surface area contributed by atoms with E-state index in [1.807, 2.05) is 0 Å². The smallest absolute Gasteiger partial charge is 0.237 e. The van der Waals surface area contributed by atoms with E-state index in [-0.39, 0.29) is 5.91 Å². The van der Waals surface area contributed by atoms with Gasteiger partial charge >= 0.3 is 0 Å². The van der Waals surface area contributed by atoms with Crippen molar-refractivity contribution >= 4 is 16.8 Å². The van der Waals surface area contributed by atoms with Gasteiger partial charge in [-0.2, -0.15) is 0 Å². The second kappa shape index (κ2) is 6.25. The molecule has 1 aromatic carbocycles. The number of amides is 1. The van der Waals surface area contributed by atoms with Gasteiger partial charge in [0.1, 0.15) is 0 Å². The summed E-state index contributed by atoms with van der Waals surface area (Å²) in [5, 5.41) is 1.29. The lowest BCUT2D eigenvalue weighted by Gasteiger charge is -2.33. The fourth-order valence-corrected chi connectivity index (χ4v) is 4.26. The molecule has 2 aliphatic rings. The van der Waals surface area contributed by atoms with E-state index in [1.54, 1.807) is 0 Å². The molecule has 4 heteroatoms. The van der Waals surface area contributed by atoms with Crippen LogP contribution in [0.4, 0.5) is 0 Å². The minimum atomic E-state index is 0.289. The van der Waals surface area contributed by atoms with Crippen molar-refractivity contribution in [2.75, 3.05) is 26.2 Å². The molecule has 0 bridgehead atoms. The molecule has 4 rings (SSSR count). The van der Waals surface area contributed by atoms with Gasteiger partial charge in [-0.3, -0.25) is 9.69 Å². The van der Waals surface area contributed by atoms with Crippen LogP contribution in [0.2, 0.25) is 0 Å². The summed E-state index contributed by atoms with van der Waals surface area (Å²) in [6.07, 6.45) is 3.46. The number of carbonyl (C=O) groups excluding carboxylic acids is 1. The highest BCUT2D eigenvalue weighted by atomic mass is 16.2. The molecule has 1 amide bonds. The Hall–Kier alpha value is -1.81. The van der Waals surface area contributed by atoms with E-state index in [9.17, 15) is 4.79 Å². The Morgan fingerprint density at radius 3 is 3.04 bits per heavy atom. The fourth-order valence-electron chi connectivity index (χ4n) is 4.26. The monoisotopic (exact) mass is 325 g/mol. The number of likely N-dealkylation sites (tertiary alicyclic amines) is 1. The van der Waals surface area contributed by atoms with Crippen molar-refractivity contribution in [3.63, 3.8) is 0 Å². The van der Waals surface area contributed by atoms with Gasteiger partial charge in [0.2, 0.25) is 5.91 Å². The lowest BCUT2D eigenvalue weighted by molar-refractivity contribution is -0.133. The number of nitrogens with one attached hydrogen (secondary N) is 1. The van der Waals surface area contributed by atoms with Gasteiger partial charge in [0.05, 0.1) is 6.54 Å². The topological polar surface area (TPSA) is 39.3 Å². The predicted octanol–water partition coefficient (Wildman–Crippen LogP) is 3.09. The van der Waals surface area contributed by atoms with Crippen molar-refractivity contribution in [3.8, 4) is 0 Å². The maximum atomic E-state index is 12.8. The van der Waals surface area contributed by atoms with Crippen molar-refractivity contribution in [1.29, 1.82) is 0 Å². The van der Waals surface area contributed by atoms with Crippen LogP contribution >= 0.6 is 0 Å². The van der Waals surface area contributed by atoms with E-state index in [2.05, 4.69) is 46.8 Å². The molecular weight excluding hydrogens is 298 g/mol. The van der Waals surface area contributed by atoms with Gasteiger partial charge < -0.3 is 9.88 Å². The van der Waals surface area contributed by atoms with E-state index in [4.69, 9.17) is 0 Å². The molecule has 0 radical (unpaired) electrons. The Morgan fingerprint density at radius 1 is 1.33 bits per heavy atom. The molecule has 1 saturated heterocycles. The van der Waals surface area contributed by atoms with Crippen LogP contribution < -0.4 is 0 Å². The van der Waals surface area contributed by atoms with Gasteiger partial charge in [0.15, 0.2) is 0 Å².